The van der Waals surface area contributed by atoms with Crippen LogP contribution < -0.4 is 14.2 Å². The van der Waals surface area contributed by atoms with Crippen LogP contribution in [-0.4, -0.2) is 32.8 Å². The Balaban J connectivity index is 2.15. The third kappa shape index (κ3) is 3.97. The molecule has 7 nitrogen and oxygen atoms in total. The first kappa shape index (κ1) is 19.3. The van der Waals surface area contributed by atoms with Crippen LogP contribution in [0.2, 0.25) is 5.02 Å². The van der Waals surface area contributed by atoms with Crippen LogP contribution in [-0.2, 0) is 9.05 Å². The number of hydrogen-bond donors (Lipinski definition) is 1. The molecule has 0 radical (unpaired) electrons. The Labute approximate surface area is 165 Å². The maximum atomic E-state index is 11.9. The highest BCUT2D eigenvalue weighted by molar-refractivity contribution is 8.13. The smallest absolute Gasteiger partial charge is 0.265 e. The predicted molar refractivity (Wildman–Crippen MR) is 102 cm³/mol. The number of benzene rings is 2. The fourth-order valence-electron chi connectivity index (χ4n) is 2.44. The molecule has 3 aromatic rings. The first-order valence-electron chi connectivity index (χ1n) is 7.52. The molecule has 0 fully saturated rings. The monoisotopic (exact) mass is 428 g/mol. The molecule has 142 valence electrons. The van der Waals surface area contributed by atoms with E-state index in [4.69, 9.17) is 36.5 Å². The topological polar surface area (TPSA) is 90.5 Å². The minimum atomic E-state index is -4.07. The number of para-hydroxylation sites is 1. The fraction of sp³-hybridized carbons (Fsp3) is 0.118. The lowest BCUT2D eigenvalue weighted by atomic mass is 10.1. The summed E-state index contributed by atoms with van der Waals surface area (Å²) < 4.78 is 40.1. The second-order valence-electron chi connectivity index (χ2n) is 5.27. The summed E-state index contributed by atoms with van der Waals surface area (Å²) in [5.41, 5.74) is 0.664. The van der Waals surface area contributed by atoms with Crippen molar-refractivity contribution >= 4 is 31.3 Å². The number of halogens is 2. The summed E-state index contributed by atoms with van der Waals surface area (Å²) in [5.74, 6) is 1.12. The Hall–Kier alpha value is -2.42. The molecule has 10 heteroatoms. The maximum Gasteiger partial charge on any atom is 0.265 e. The van der Waals surface area contributed by atoms with Crippen molar-refractivity contribution in [2.75, 3.05) is 14.2 Å². The number of H-pyrrole nitrogens is 1. The average Bonchev–Trinajstić information content (AvgIpc) is 3.09. The second kappa shape index (κ2) is 7.67. The molecule has 0 amide bonds. The molecule has 0 saturated heterocycles. The summed E-state index contributed by atoms with van der Waals surface area (Å²) in [5, 5.41) is 7.25. The standard InChI is InChI=1S/C17H14Cl2N2O5S/c1-24-13-8-14(25-2)16(27(19,22)23)7-10(13)17-15(9-20-21-17)26-12-6-4-3-5-11(12)18/h3-9H,1-2H3,(H,20,21). The highest BCUT2D eigenvalue weighted by Gasteiger charge is 2.24. The number of ether oxygens (including phenoxy) is 3. The van der Waals surface area contributed by atoms with Crippen LogP contribution in [0.25, 0.3) is 11.3 Å². The molecule has 27 heavy (non-hydrogen) atoms. The van der Waals surface area contributed by atoms with Crippen molar-refractivity contribution < 1.29 is 22.6 Å². The number of rotatable bonds is 6. The summed E-state index contributed by atoms with van der Waals surface area (Å²) in [4.78, 5) is -0.214. The summed E-state index contributed by atoms with van der Waals surface area (Å²) in [6, 6.07) is 9.65. The van der Waals surface area contributed by atoms with Crippen LogP contribution in [0, 0.1) is 0 Å². The number of nitrogens with zero attached hydrogens (tertiary/aromatic N) is 1. The number of nitrogens with one attached hydrogen (secondary N) is 1. The SMILES string of the molecule is COc1cc(OC)c(S(=O)(=O)Cl)cc1-c1n[nH]cc1Oc1ccccc1Cl. The van der Waals surface area contributed by atoms with E-state index in [0.29, 0.717) is 33.5 Å². The van der Waals surface area contributed by atoms with Gasteiger partial charge in [-0.2, -0.15) is 5.10 Å². The largest absolute Gasteiger partial charge is 0.496 e. The molecule has 2 aromatic carbocycles. The first-order chi connectivity index (χ1) is 12.8. The zero-order valence-electron chi connectivity index (χ0n) is 14.2. The molecule has 0 aliphatic rings. The highest BCUT2D eigenvalue weighted by Crippen LogP contribution is 2.42. The lowest BCUT2D eigenvalue weighted by Crippen LogP contribution is -2.00. The van der Waals surface area contributed by atoms with E-state index in [1.165, 1.54) is 32.5 Å². The van der Waals surface area contributed by atoms with Gasteiger partial charge in [-0.1, -0.05) is 23.7 Å². The van der Waals surface area contributed by atoms with E-state index < -0.39 is 9.05 Å². The van der Waals surface area contributed by atoms with E-state index in [-0.39, 0.29) is 10.6 Å². The van der Waals surface area contributed by atoms with Gasteiger partial charge in [0.05, 0.1) is 25.4 Å². The van der Waals surface area contributed by atoms with Crippen molar-refractivity contribution in [2.45, 2.75) is 4.90 Å². The van der Waals surface area contributed by atoms with Crippen molar-refractivity contribution in [3.05, 3.63) is 47.6 Å². The number of hydrogen-bond acceptors (Lipinski definition) is 6. The van der Waals surface area contributed by atoms with Crippen LogP contribution in [0.15, 0.2) is 47.5 Å². The molecule has 0 aliphatic carbocycles. The van der Waals surface area contributed by atoms with Crippen LogP contribution in [0.1, 0.15) is 0 Å². The van der Waals surface area contributed by atoms with Crippen molar-refractivity contribution in [1.29, 1.82) is 0 Å². The van der Waals surface area contributed by atoms with Crippen LogP contribution in [0.5, 0.6) is 23.0 Å². The minimum Gasteiger partial charge on any atom is -0.496 e. The lowest BCUT2D eigenvalue weighted by Gasteiger charge is -2.13. The Bertz CT molecular complexity index is 1080. The van der Waals surface area contributed by atoms with Crippen LogP contribution in [0.4, 0.5) is 0 Å². The van der Waals surface area contributed by atoms with Gasteiger partial charge in [0.15, 0.2) is 5.75 Å². The van der Waals surface area contributed by atoms with Gasteiger partial charge in [-0.25, -0.2) is 8.42 Å². The molecule has 0 unspecified atom stereocenters. The lowest BCUT2D eigenvalue weighted by molar-refractivity contribution is 0.387. The molecular formula is C17H14Cl2N2O5S. The summed E-state index contributed by atoms with van der Waals surface area (Å²) in [7, 11) is 4.24. The van der Waals surface area contributed by atoms with E-state index in [2.05, 4.69) is 10.2 Å². The van der Waals surface area contributed by atoms with Gasteiger partial charge in [0.1, 0.15) is 27.8 Å². The highest BCUT2D eigenvalue weighted by atomic mass is 35.7. The first-order valence-corrected chi connectivity index (χ1v) is 10.2. The number of aromatic amines is 1. The molecular weight excluding hydrogens is 415 g/mol. The molecule has 1 N–H and O–H groups in total. The van der Waals surface area contributed by atoms with Gasteiger partial charge >= 0.3 is 0 Å². The molecule has 0 aliphatic heterocycles. The summed E-state index contributed by atoms with van der Waals surface area (Å²) in [6.07, 6.45) is 1.51. The van der Waals surface area contributed by atoms with Gasteiger partial charge < -0.3 is 14.2 Å². The van der Waals surface area contributed by atoms with Crippen LogP contribution >= 0.6 is 22.3 Å². The summed E-state index contributed by atoms with van der Waals surface area (Å²) >= 11 is 6.13. The van der Waals surface area contributed by atoms with Crippen molar-refractivity contribution in [1.82, 2.24) is 10.2 Å². The van der Waals surface area contributed by atoms with Gasteiger partial charge in [0.2, 0.25) is 0 Å². The zero-order chi connectivity index (χ0) is 19.6. The summed E-state index contributed by atoms with van der Waals surface area (Å²) in [6.45, 7) is 0. The van der Waals surface area contributed by atoms with Crippen LogP contribution in [0.3, 0.4) is 0 Å². The number of methoxy groups -OCH3 is 2. The molecule has 1 aromatic heterocycles. The van der Waals surface area contributed by atoms with Crippen molar-refractivity contribution in [2.24, 2.45) is 0 Å². The third-order valence-corrected chi connectivity index (χ3v) is 5.32. The Morgan fingerprint density at radius 3 is 2.33 bits per heavy atom. The van der Waals surface area contributed by atoms with Gasteiger partial charge in [-0.3, -0.25) is 5.10 Å². The van der Waals surface area contributed by atoms with Gasteiger partial charge in [-0.05, 0) is 18.2 Å². The second-order valence-corrected chi connectivity index (χ2v) is 8.21. The molecule has 1 heterocycles. The Kier molecular flexibility index (Phi) is 5.50. The quantitative estimate of drug-likeness (QED) is 0.582. The van der Waals surface area contributed by atoms with Gasteiger partial charge in [0.25, 0.3) is 9.05 Å². The predicted octanol–water partition coefficient (Wildman–Crippen LogP) is 4.47. The average molecular weight is 429 g/mol. The molecule has 0 atom stereocenters. The Morgan fingerprint density at radius 2 is 1.70 bits per heavy atom. The van der Waals surface area contributed by atoms with Gasteiger partial charge in [0, 0.05) is 22.3 Å². The molecule has 0 spiro atoms. The molecule has 0 saturated carbocycles. The number of aromatic nitrogens is 2. The van der Waals surface area contributed by atoms with Crippen molar-refractivity contribution in [3.63, 3.8) is 0 Å². The zero-order valence-corrected chi connectivity index (χ0v) is 16.5. The van der Waals surface area contributed by atoms with E-state index in [1.54, 1.807) is 24.3 Å². The van der Waals surface area contributed by atoms with E-state index in [9.17, 15) is 8.42 Å². The van der Waals surface area contributed by atoms with E-state index in [1.807, 2.05) is 0 Å². The minimum absolute atomic E-state index is 0.0507. The van der Waals surface area contributed by atoms with Gasteiger partial charge in [-0.15, -0.1) is 0 Å². The normalized spacial score (nSPS) is 11.3. The Morgan fingerprint density at radius 1 is 1.00 bits per heavy atom. The van der Waals surface area contributed by atoms with Crippen molar-refractivity contribution in [3.8, 4) is 34.3 Å². The fourth-order valence-corrected chi connectivity index (χ4v) is 3.62. The maximum absolute atomic E-state index is 11.9. The van der Waals surface area contributed by atoms with E-state index >= 15 is 0 Å². The molecule has 3 rings (SSSR count). The molecule has 0 bridgehead atoms. The van der Waals surface area contributed by atoms with E-state index in [0.717, 1.165) is 0 Å². The third-order valence-electron chi connectivity index (χ3n) is 3.67.